The Morgan fingerprint density at radius 1 is 1.21 bits per heavy atom. The molecule has 6 nitrogen and oxygen atoms in total. The first-order chi connectivity index (χ1) is 10.8. The number of pyridine rings is 1. The molecule has 1 saturated heterocycles. The summed E-state index contributed by atoms with van der Waals surface area (Å²) in [5, 5.41) is 2.71. The molecule has 0 bridgehead atoms. The number of anilines is 1. The van der Waals surface area contributed by atoms with Crippen LogP contribution in [0, 0.1) is 6.92 Å². The number of hydrogen-bond acceptors (Lipinski definition) is 5. The van der Waals surface area contributed by atoms with Crippen LogP contribution in [0.3, 0.4) is 0 Å². The van der Waals surface area contributed by atoms with Crippen molar-refractivity contribution in [3.63, 3.8) is 0 Å². The molecule has 1 N–H and O–H groups in total. The van der Waals surface area contributed by atoms with Gasteiger partial charge in [0.2, 0.25) is 0 Å². The fraction of sp³-hybridized carbons (Fsp3) is 0.647. The second-order valence-corrected chi connectivity index (χ2v) is 8.11. The summed E-state index contributed by atoms with van der Waals surface area (Å²) in [4.78, 5) is 16.4. The van der Waals surface area contributed by atoms with E-state index >= 15 is 0 Å². The number of aromatic nitrogens is 1. The van der Waals surface area contributed by atoms with Gasteiger partial charge in [0.15, 0.2) is 0 Å². The second kappa shape index (κ2) is 6.04. The minimum Gasteiger partial charge on any atom is -0.444 e. The van der Waals surface area contributed by atoms with Crippen molar-refractivity contribution in [2.75, 3.05) is 5.32 Å². The highest BCUT2D eigenvalue weighted by molar-refractivity contribution is 6.64. The Kier molecular flexibility index (Phi) is 4.72. The summed E-state index contributed by atoms with van der Waals surface area (Å²) < 4.78 is 17.5. The van der Waals surface area contributed by atoms with Gasteiger partial charge in [-0.25, -0.2) is 9.78 Å². The van der Waals surface area contributed by atoms with Crippen molar-refractivity contribution in [1.29, 1.82) is 0 Å². The molecule has 0 spiro atoms. The molecule has 1 fully saturated rings. The van der Waals surface area contributed by atoms with Crippen LogP contribution in [-0.4, -0.2) is 35.0 Å². The number of ether oxygens (including phenoxy) is 1. The maximum absolute atomic E-state index is 12.1. The molecule has 1 aliphatic heterocycles. The third-order valence-corrected chi connectivity index (χ3v) is 4.32. The van der Waals surface area contributed by atoms with Gasteiger partial charge in [0.1, 0.15) is 11.4 Å². The molecule has 1 aromatic rings. The molecule has 1 aromatic heterocycles. The number of rotatable bonds is 2. The number of aryl methyl sites for hydroxylation is 1. The van der Waals surface area contributed by atoms with Crippen LogP contribution in [0.4, 0.5) is 10.6 Å². The zero-order valence-electron chi connectivity index (χ0n) is 15.8. The molecule has 132 valence electrons. The third-order valence-electron chi connectivity index (χ3n) is 4.32. The topological polar surface area (TPSA) is 69.7 Å². The first kappa shape index (κ1) is 18.7. The molecule has 0 aliphatic carbocycles. The van der Waals surface area contributed by atoms with E-state index in [0.717, 1.165) is 5.56 Å². The number of carbonyl (C=O) groups is 1. The number of nitrogens with one attached hydrogen (secondary N) is 1. The zero-order chi connectivity index (χ0) is 18.3. The Balaban J connectivity index is 2.30. The highest BCUT2D eigenvalue weighted by Crippen LogP contribution is 2.37. The van der Waals surface area contributed by atoms with Crippen molar-refractivity contribution in [3.8, 4) is 0 Å². The summed E-state index contributed by atoms with van der Waals surface area (Å²) in [6, 6.07) is 1.86. The van der Waals surface area contributed by atoms with E-state index < -0.39 is 30.0 Å². The molecule has 2 rings (SSSR count). The number of hydrogen-bond donors (Lipinski definition) is 1. The van der Waals surface area contributed by atoms with Gasteiger partial charge in [-0.1, -0.05) is 0 Å². The summed E-state index contributed by atoms with van der Waals surface area (Å²) in [5.74, 6) is 0.391. The van der Waals surface area contributed by atoms with E-state index in [9.17, 15) is 4.79 Å². The quantitative estimate of drug-likeness (QED) is 0.842. The van der Waals surface area contributed by atoms with Gasteiger partial charge >= 0.3 is 13.2 Å². The maximum atomic E-state index is 12.1. The standard InChI is InChI=1S/C17H27BN2O4/c1-11-9-10-19-13(20-14(21)22-15(2,3)4)12(11)18-23-16(5,6)17(7,8)24-18/h9-10H,1-8H3,(H,19,20,21). The van der Waals surface area contributed by atoms with E-state index in [4.69, 9.17) is 14.0 Å². The van der Waals surface area contributed by atoms with Gasteiger partial charge < -0.3 is 14.0 Å². The van der Waals surface area contributed by atoms with Gasteiger partial charge in [-0.3, -0.25) is 5.32 Å². The lowest BCUT2D eigenvalue weighted by Gasteiger charge is -2.32. The Bertz CT molecular complexity index is 622. The average Bonchev–Trinajstić information content (AvgIpc) is 2.55. The van der Waals surface area contributed by atoms with E-state index in [-0.39, 0.29) is 0 Å². The second-order valence-electron chi connectivity index (χ2n) is 8.11. The summed E-state index contributed by atoms with van der Waals surface area (Å²) in [6.07, 6.45) is 1.08. The van der Waals surface area contributed by atoms with Gasteiger partial charge in [0, 0.05) is 11.7 Å². The van der Waals surface area contributed by atoms with Crippen LogP contribution in [0.15, 0.2) is 12.3 Å². The summed E-state index contributed by atoms with van der Waals surface area (Å²) in [7, 11) is -0.603. The summed E-state index contributed by atoms with van der Waals surface area (Å²) >= 11 is 0. The van der Waals surface area contributed by atoms with Gasteiger partial charge in [-0.2, -0.15) is 0 Å². The van der Waals surface area contributed by atoms with E-state index in [0.29, 0.717) is 11.3 Å². The van der Waals surface area contributed by atoms with E-state index in [1.807, 2.05) is 61.5 Å². The van der Waals surface area contributed by atoms with Gasteiger partial charge in [-0.05, 0) is 67.0 Å². The normalized spacial score (nSPS) is 19.2. The lowest BCUT2D eigenvalue weighted by Crippen LogP contribution is -2.41. The summed E-state index contributed by atoms with van der Waals surface area (Å²) in [5.41, 5.74) is 0.113. The predicted octanol–water partition coefficient (Wildman–Crippen LogP) is 3.04. The SMILES string of the molecule is Cc1ccnc(NC(=O)OC(C)(C)C)c1B1OC(C)(C)C(C)(C)O1. The molecular formula is C17H27BN2O4. The molecule has 24 heavy (non-hydrogen) atoms. The minimum atomic E-state index is -0.603. The monoisotopic (exact) mass is 334 g/mol. The molecule has 0 saturated carbocycles. The lowest BCUT2D eigenvalue weighted by molar-refractivity contribution is 0.00578. The lowest BCUT2D eigenvalue weighted by atomic mass is 9.76. The first-order valence-electron chi connectivity index (χ1n) is 8.13. The molecule has 7 heteroatoms. The van der Waals surface area contributed by atoms with Crippen LogP contribution >= 0.6 is 0 Å². The highest BCUT2D eigenvalue weighted by atomic mass is 16.7. The molecule has 0 atom stereocenters. The van der Waals surface area contributed by atoms with Crippen molar-refractivity contribution in [2.45, 2.75) is 72.2 Å². The van der Waals surface area contributed by atoms with E-state index in [1.165, 1.54) is 0 Å². The van der Waals surface area contributed by atoms with Crippen molar-refractivity contribution in [2.24, 2.45) is 0 Å². The van der Waals surface area contributed by atoms with Crippen molar-refractivity contribution < 1.29 is 18.8 Å². The molecule has 1 amide bonds. The molecule has 1 aliphatic rings. The largest absolute Gasteiger partial charge is 0.498 e. The smallest absolute Gasteiger partial charge is 0.444 e. The van der Waals surface area contributed by atoms with Crippen LogP contribution < -0.4 is 10.8 Å². The fourth-order valence-corrected chi connectivity index (χ4v) is 2.33. The number of carbonyl (C=O) groups excluding carboxylic acids is 1. The molecular weight excluding hydrogens is 307 g/mol. The van der Waals surface area contributed by atoms with Crippen LogP contribution in [0.25, 0.3) is 0 Å². The Hall–Kier alpha value is -1.60. The van der Waals surface area contributed by atoms with Crippen molar-refractivity contribution >= 4 is 24.5 Å². The zero-order valence-corrected chi connectivity index (χ0v) is 15.8. The van der Waals surface area contributed by atoms with Crippen LogP contribution in [0.1, 0.15) is 54.0 Å². The van der Waals surface area contributed by atoms with E-state index in [1.54, 1.807) is 6.20 Å². The van der Waals surface area contributed by atoms with Gasteiger partial charge in [0.05, 0.1) is 11.2 Å². The average molecular weight is 334 g/mol. The first-order valence-corrected chi connectivity index (χ1v) is 8.13. The number of amides is 1. The summed E-state index contributed by atoms with van der Waals surface area (Å²) in [6.45, 7) is 15.3. The third kappa shape index (κ3) is 3.90. The molecule has 0 unspecified atom stereocenters. The van der Waals surface area contributed by atoms with Crippen molar-refractivity contribution in [1.82, 2.24) is 4.98 Å². The molecule has 0 radical (unpaired) electrons. The fourth-order valence-electron chi connectivity index (χ4n) is 2.33. The Morgan fingerprint density at radius 3 is 2.25 bits per heavy atom. The predicted molar refractivity (Wildman–Crippen MR) is 94.5 cm³/mol. The van der Waals surface area contributed by atoms with E-state index in [2.05, 4.69) is 10.3 Å². The maximum Gasteiger partial charge on any atom is 0.498 e. The number of nitrogens with zero attached hydrogens (tertiary/aromatic N) is 1. The molecule has 2 heterocycles. The Labute approximate surface area is 144 Å². The van der Waals surface area contributed by atoms with Crippen LogP contribution in [0.5, 0.6) is 0 Å². The van der Waals surface area contributed by atoms with Crippen LogP contribution in [0.2, 0.25) is 0 Å². The highest BCUT2D eigenvalue weighted by Gasteiger charge is 2.53. The Morgan fingerprint density at radius 2 is 1.75 bits per heavy atom. The van der Waals surface area contributed by atoms with Crippen molar-refractivity contribution in [3.05, 3.63) is 17.8 Å². The molecule has 0 aromatic carbocycles. The van der Waals surface area contributed by atoms with Gasteiger partial charge in [-0.15, -0.1) is 0 Å². The van der Waals surface area contributed by atoms with Gasteiger partial charge in [0.25, 0.3) is 0 Å². The van der Waals surface area contributed by atoms with Crippen LogP contribution in [-0.2, 0) is 14.0 Å². The minimum absolute atomic E-state index is 0.391.